The Kier molecular flexibility index (Phi) is 4.63. The lowest BCUT2D eigenvalue weighted by Crippen LogP contribution is -2.52. The molecule has 1 fully saturated rings. The van der Waals surface area contributed by atoms with E-state index in [1.54, 1.807) is 23.5 Å². The fraction of sp³-hybridized carbons (Fsp3) is 0.350. The highest BCUT2D eigenvalue weighted by Gasteiger charge is 2.35. The number of pyridine rings is 1. The van der Waals surface area contributed by atoms with E-state index in [9.17, 15) is 15.0 Å². The van der Waals surface area contributed by atoms with Gasteiger partial charge < -0.3 is 19.7 Å². The average molecular weight is 366 g/mol. The molecule has 1 unspecified atom stereocenters. The quantitative estimate of drug-likeness (QED) is 0.729. The average Bonchev–Trinajstić information content (AvgIpc) is 3.10. The van der Waals surface area contributed by atoms with Gasteiger partial charge in [-0.2, -0.15) is 0 Å². The van der Waals surface area contributed by atoms with Gasteiger partial charge in [-0.05, 0) is 24.5 Å². The van der Waals surface area contributed by atoms with Crippen LogP contribution in [-0.2, 0) is 6.54 Å². The number of likely N-dealkylation sites (tertiary alicyclic amines) is 1. The van der Waals surface area contributed by atoms with Gasteiger partial charge in [0.2, 0.25) is 0 Å². The number of aliphatic hydroxyl groups is 2. The number of aromatic nitrogens is 3. The van der Waals surface area contributed by atoms with E-state index in [0.29, 0.717) is 37.0 Å². The molecule has 1 saturated heterocycles. The van der Waals surface area contributed by atoms with E-state index in [1.165, 1.54) is 0 Å². The number of aliphatic hydroxyl groups excluding tert-OH is 1. The summed E-state index contributed by atoms with van der Waals surface area (Å²) >= 11 is 0. The van der Waals surface area contributed by atoms with E-state index in [0.717, 1.165) is 11.2 Å². The largest absolute Gasteiger partial charge is 0.393 e. The normalized spacial score (nSPS) is 20.1. The summed E-state index contributed by atoms with van der Waals surface area (Å²) in [6.45, 7) is 0.996. The summed E-state index contributed by atoms with van der Waals surface area (Å²) < 4.78 is 1.95. The number of fused-ring (bicyclic) bond motifs is 1. The second kappa shape index (κ2) is 7.09. The molecule has 0 saturated carbocycles. The van der Waals surface area contributed by atoms with Crippen LogP contribution in [-0.4, -0.2) is 60.9 Å². The molecule has 2 aromatic heterocycles. The lowest BCUT2D eigenvalue weighted by Gasteiger charge is -2.38. The second-order valence-electron chi connectivity index (χ2n) is 7.14. The zero-order chi connectivity index (χ0) is 18.9. The van der Waals surface area contributed by atoms with E-state index in [4.69, 9.17) is 0 Å². The number of nitrogens with zero attached hydrogens (tertiary/aromatic N) is 4. The van der Waals surface area contributed by atoms with Crippen LogP contribution < -0.4 is 0 Å². The maximum atomic E-state index is 12.8. The van der Waals surface area contributed by atoms with Gasteiger partial charge in [-0.15, -0.1) is 0 Å². The van der Waals surface area contributed by atoms with Crippen LogP contribution in [0.5, 0.6) is 0 Å². The summed E-state index contributed by atoms with van der Waals surface area (Å²) in [5.41, 5.74) is 1.75. The number of benzene rings is 1. The molecule has 140 valence electrons. The smallest absolute Gasteiger partial charge is 0.255 e. The van der Waals surface area contributed by atoms with Gasteiger partial charge in [0.05, 0.1) is 31.6 Å². The van der Waals surface area contributed by atoms with Crippen molar-refractivity contribution in [2.75, 3.05) is 19.7 Å². The molecule has 0 bridgehead atoms. The summed E-state index contributed by atoms with van der Waals surface area (Å²) in [6.07, 6.45) is 4.43. The standard InChI is InChI=1S/C20H22N4O3/c25-13-20(27)7-4-8-23(12-20)19(26)16-9-17-18(21-10-16)24(14-22-17)11-15-5-2-1-3-6-15/h1-3,5-6,9-10,14,25,27H,4,7-8,11-13H2. The Hall–Kier alpha value is -2.77. The van der Waals surface area contributed by atoms with Crippen LogP contribution in [0.2, 0.25) is 0 Å². The minimum Gasteiger partial charge on any atom is -0.393 e. The van der Waals surface area contributed by atoms with Crippen molar-refractivity contribution in [3.8, 4) is 0 Å². The zero-order valence-electron chi connectivity index (χ0n) is 15.0. The number of piperidine rings is 1. The molecule has 2 N–H and O–H groups in total. The number of carbonyl (C=O) groups excluding carboxylic acids is 1. The van der Waals surface area contributed by atoms with Crippen LogP contribution >= 0.6 is 0 Å². The maximum absolute atomic E-state index is 12.8. The molecule has 3 aromatic rings. The fourth-order valence-electron chi connectivity index (χ4n) is 3.56. The molecule has 7 heteroatoms. The third kappa shape index (κ3) is 3.56. The molecular weight excluding hydrogens is 344 g/mol. The highest BCUT2D eigenvalue weighted by molar-refractivity contribution is 5.96. The highest BCUT2D eigenvalue weighted by atomic mass is 16.3. The monoisotopic (exact) mass is 366 g/mol. The van der Waals surface area contributed by atoms with Crippen LogP contribution in [0.25, 0.3) is 11.2 Å². The lowest BCUT2D eigenvalue weighted by atomic mass is 9.93. The van der Waals surface area contributed by atoms with Crippen LogP contribution in [0.1, 0.15) is 28.8 Å². The van der Waals surface area contributed by atoms with Gasteiger partial charge in [-0.1, -0.05) is 30.3 Å². The SMILES string of the molecule is O=C(c1cnc2c(c1)ncn2Cc1ccccc1)N1CCCC(O)(CO)C1. The van der Waals surface area contributed by atoms with Gasteiger partial charge in [0.1, 0.15) is 11.1 Å². The second-order valence-corrected chi connectivity index (χ2v) is 7.14. The van der Waals surface area contributed by atoms with Crippen LogP contribution in [0, 0.1) is 0 Å². The van der Waals surface area contributed by atoms with Gasteiger partial charge in [-0.3, -0.25) is 4.79 Å². The first-order valence-corrected chi connectivity index (χ1v) is 9.05. The summed E-state index contributed by atoms with van der Waals surface area (Å²) in [6, 6.07) is 11.8. The van der Waals surface area contributed by atoms with Crippen molar-refractivity contribution in [1.82, 2.24) is 19.4 Å². The van der Waals surface area contributed by atoms with Crippen molar-refractivity contribution < 1.29 is 15.0 Å². The molecule has 1 aliphatic heterocycles. The molecule has 1 aliphatic rings. The van der Waals surface area contributed by atoms with Crippen LogP contribution in [0.3, 0.4) is 0 Å². The van der Waals surface area contributed by atoms with Crippen molar-refractivity contribution in [2.45, 2.75) is 25.0 Å². The Balaban J connectivity index is 1.56. The summed E-state index contributed by atoms with van der Waals surface area (Å²) in [7, 11) is 0. The number of hydrogen-bond acceptors (Lipinski definition) is 5. The molecule has 1 atom stereocenters. The van der Waals surface area contributed by atoms with Crippen molar-refractivity contribution in [3.63, 3.8) is 0 Å². The predicted octanol–water partition coefficient (Wildman–Crippen LogP) is 1.44. The molecule has 0 radical (unpaired) electrons. The molecule has 4 rings (SSSR count). The summed E-state index contributed by atoms with van der Waals surface area (Å²) in [5.74, 6) is -0.200. The molecular formula is C20H22N4O3. The highest BCUT2D eigenvalue weighted by Crippen LogP contribution is 2.23. The minimum atomic E-state index is -1.22. The molecule has 27 heavy (non-hydrogen) atoms. The van der Waals surface area contributed by atoms with E-state index in [2.05, 4.69) is 9.97 Å². The van der Waals surface area contributed by atoms with Gasteiger partial charge in [0, 0.05) is 12.7 Å². The topological polar surface area (TPSA) is 91.5 Å². The van der Waals surface area contributed by atoms with Gasteiger partial charge in [0.15, 0.2) is 5.65 Å². The Labute approximate surface area is 156 Å². The minimum absolute atomic E-state index is 0.128. The van der Waals surface area contributed by atoms with Gasteiger partial charge in [0.25, 0.3) is 5.91 Å². The third-order valence-corrected chi connectivity index (χ3v) is 5.04. The van der Waals surface area contributed by atoms with Gasteiger partial charge in [-0.25, -0.2) is 9.97 Å². The third-order valence-electron chi connectivity index (χ3n) is 5.04. The first-order chi connectivity index (χ1) is 13.1. The zero-order valence-corrected chi connectivity index (χ0v) is 15.0. The Morgan fingerprint density at radius 2 is 2.04 bits per heavy atom. The molecule has 0 aliphatic carbocycles. The Morgan fingerprint density at radius 1 is 1.22 bits per heavy atom. The number of imidazole rings is 1. The molecule has 0 spiro atoms. The van der Waals surface area contributed by atoms with Crippen LogP contribution in [0.4, 0.5) is 0 Å². The first kappa shape index (κ1) is 17.6. The van der Waals surface area contributed by atoms with E-state index < -0.39 is 5.60 Å². The number of β-amino-alcohol motifs (C(OH)–C–C–N with tert-alkyl or cyclic N) is 1. The number of carbonyl (C=O) groups is 1. The predicted molar refractivity (Wildman–Crippen MR) is 100 cm³/mol. The number of rotatable bonds is 4. The molecule has 7 nitrogen and oxygen atoms in total. The number of hydrogen-bond donors (Lipinski definition) is 2. The van der Waals surface area contributed by atoms with E-state index in [1.807, 2.05) is 34.9 Å². The number of amides is 1. The Morgan fingerprint density at radius 3 is 2.81 bits per heavy atom. The molecule has 1 aromatic carbocycles. The van der Waals surface area contributed by atoms with Crippen molar-refractivity contribution in [2.24, 2.45) is 0 Å². The van der Waals surface area contributed by atoms with Crippen molar-refractivity contribution >= 4 is 17.1 Å². The fourth-order valence-corrected chi connectivity index (χ4v) is 3.56. The van der Waals surface area contributed by atoms with E-state index in [-0.39, 0.29) is 19.1 Å². The molecule has 1 amide bonds. The van der Waals surface area contributed by atoms with Crippen molar-refractivity contribution in [3.05, 3.63) is 60.0 Å². The summed E-state index contributed by atoms with van der Waals surface area (Å²) in [5, 5.41) is 19.7. The van der Waals surface area contributed by atoms with Crippen molar-refractivity contribution in [1.29, 1.82) is 0 Å². The Bertz CT molecular complexity index is 956. The lowest BCUT2D eigenvalue weighted by molar-refractivity contribution is -0.0598. The van der Waals surface area contributed by atoms with Crippen LogP contribution in [0.15, 0.2) is 48.9 Å². The van der Waals surface area contributed by atoms with Gasteiger partial charge >= 0.3 is 0 Å². The molecule has 3 heterocycles. The maximum Gasteiger partial charge on any atom is 0.255 e. The van der Waals surface area contributed by atoms with E-state index >= 15 is 0 Å². The summed E-state index contributed by atoms with van der Waals surface area (Å²) in [4.78, 5) is 23.2. The first-order valence-electron chi connectivity index (χ1n) is 9.05.